The Morgan fingerprint density at radius 2 is 1.96 bits per heavy atom. The molecule has 24 heavy (non-hydrogen) atoms. The fraction of sp³-hybridized carbons (Fsp3) is 0.722. The summed E-state index contributed by atoms with van der Waals surface area (Å²) < 4.78 is 5.61. The van der Waals surface area contributed by atoms with E-state index in [1.165, 1.54) is 19.3 Å². The van der Waals surface area contributed by atoms with Gasteiger partial charge in [0, 0.05) is 38.5 Å². The van der Waals surface area contributed by atoms with Gasteiger partial charge in [0.05, 0.1) is 18.3 Å². The van der Waals surface area contributed by atoms with E-state index in [1.807, 2.05) is 0 Å². The van der Waals surface area contributed by atoms with Crippen LogP contribution in [0.15, 0.2) is 18.6 Å². The third-order valence-electron chi connectivity index (χ3n) is 5.32. The average molecular weight is 332 g/mol. The zero-order valence-electron chi connectivity index (χ0n) is 14.5. The Kier molecular flexibility index (Phi) is 6.01. The predicted octanol–water partition coefficient (Wildman–Crippen LogP) is 2.16. The van der Waals surface area contributed by atoms with Crippen LogP contribution in [0.25, 0.3) is 0 Å². The second kappa shape index (κ2) is 8.42. The minimum atomic E-state index is 0.0960. The summed E-state index contributed by atoms with van der Waals surface area (Å²) in [7, 11) is 1.76. The number of nitrogens with one attached hydrogen (secondary N) is 1. The monoisotopic (exact) mass is 332 g/mol. The van der Waals surface area contributed by atoms with E-state index in [1.54, 1.807) is 25.7 Å². The number of carbonyl (C=O) groups is 1. The summed E-state index contributed by atoms with van der Waals surface area (Å²) in [4.78, 5) is 23.3. The van der Waals surface area contributed by atoms with Gasteiger partial charge in [-0.15, -0.1) is 0 Å². The molecule has 2 aliphatic rings. The summed E-state index contributed by atoms with van der Waals surface area (Å²) >= 11 is 0. The van der Waals surface area contributed by atoms with Crippen LogP contribution in [-0.2, 0) is 9.53 Å². The fourth-order valence-corrected chi connectivity index (χ4v) is 3.85. The summed E-state index contributed by atoms with van der Waals surface area (Å²) in [6.07, 6.45) is 12.8. The minimum absolute atomic E-state index is 0.0960. The van der Waals surface area contributed by atoms with E-state index in [9.17, 15) is 4.79 Å². The van der Waals surface area contributed by atoms with Crippen LogP contribution >= 0.6 is 0 Å². The SMILES string of the molecule is CO[C@H]1CCCCC[C@@H]1NC(=O)C1CCN(c2cnccn2)CC1. The van der Waals surface area contributed by atoms with Crippen LogP contribution in [0.5, 0.6) is 0 Å². The van der Waals surface area contributed by atoms with E-state index in [0.29, 0.717) is 0 Å². The van der Waals surface area contributed by atoms with Gasteiger partial charge in [0.2, 0.25) is 5.91 Å². The zero-order valence-corrected chi connectivity index (χ0v) is 14.5. The molecule has 1 saturated heterocycles. The number of hydrogen-bond donors (Lipinski definition) is 1. The lowest BCUT2D eigenvalue weighted by Crippen LogP contribution is -2.48. The van der Waals surface area contributed by atoms with Crippen molar-refractivity contribution in [1.82, 2.24) is 15.3 Å². The van der Waals surface area contributed by atoms with E-state index >= 15 is 0 Å². The van der Waals surface area contributed by atoms with Crippen molar-refractivity contribution < 1.29 is 9.53 Å². The summed E-state index contributed by atoms with van der Waals surface area (Å²) in [6, 6.07) is 0.169. The largest absolute Gasteiger partial charge is 0.379 e. The number of methoxy groups -OCH3 is 1. The van der Waals surface area contributed by atoms with Gasteiger partial charge in [-0.3, -0.25) is 9.78 Å². The van der Waals surface area contributed by atoms with Crippen molar-refractivity contribution >= 4 is 11.7 Å². The number of hydrogen-bond acceptors (Lipinski definition) is 5. The van der Waals surface area contributed by atoms with Gasteiger partial charge in [0.15, 0.2) is 0 Å². The molecule has 2 atom stereocenters. The molecule has 1 amide bonds. The van der Waals surface area contributed by atoms with Crippen LogP contribution < -0.4 is 10.2 Å². The van der Waals surface area contributed by atoms with E-state index < -0.39 is 0 Å². The molecule has 1 aliphatic carbocycles. The lowest BCUT2D eigenvalue weighted by molar-refractivity contribution is -0.127. The van der Waals surface area contributed by atoms with Crippen LogP contribution in [0.1, 0.15) is 44.9 Å². The van der Waals surface area contributed by atoms with Gasteiger partial charge in [-0.25, -0.2) is 4.98 Å². The first-order valence-electron chi connectivity index (χ1n) is 9.12. The van der Waals surface area contributed by atoms with E-state index in [-0.39, 0.29) is 24.0 Å². The van der Waals surface area contributed by atoms with Crippen LogP contribution in [0.3, 0.4) is 0 Å². The van der Waals surface area contributed by atoms with Gasteiger partial charge in [-0.05, 0) is 25.7 Å². The van der Waals surface area contributed by atoms with E-state index in [2.05, 4.69) is 20.2 Å². The quantitative estimate of drug-likeness (QED) is 0.856. The smallest absolute Gasteiger partial charge is 0.223 e. The van der Waals surface area contributed by atoms with Gasteiger partial charge >= 0.3 is 0 Å². The summed E-state index contributed by atoms with van der Waals surface area (Å²) in [5, 5.41) is 3.27. The molecule has 0 aromatic carbocycles. The molecule has 1 N–H and O–H groups in total. The van der Waals surface area contributed by atoms with Gasteiger partial charge in [0.25, 0.3) is 0 Å². The zero-order chi connectivity index (χ0) is 16.8. The van der Waals surface area contributed by atoms with E-state index in [0.717, 1.165) is 44.6 Å². The van der Waals surface area contributed by atoms with E-state index in [4.69, 9.17) is 4.74 Å². The Bertz CT molecular complexity index is 517. The van der Waals surface area contributed by atoms with Crippen molar-refractivity contribution in [2.45, 2.75) is 57.1 Å². The van der Waals surface area contributed by atoms with Gasteiger partial charge in [-0.1, -0.05) is 19.3 Å². The molecule has 132 valence electrons. The number of amides is 1. The number of carbonyl (C=O) groups excluding carboxylic acids is 1. The molecular formula is C18H28N4O2. The first-order chi connectivity index (χ1) is 11.8. The lowest BCUT2D eigenvalue weighted by atomic mass is 9.94. The molecule has 6 heteroatoms. The molecule has 3 rings (SSSR count). The third kappa shape index (κ3) is 4.23. The molecule has 1 aliphatic heterocycles. The molecule has 6 nitrogen and oxygen atoms in total. The number of piperidine rings is 1. The normalized spacial score (nSPS) is 26.0. The van der Waals surface area contributed by atoms with Gasteiger partial charge in [-0.2, -0.15) is 0 Å². The van der Waals surface area contributed by atoms with Crippen molar-refractivity contribution in [3.8, 4) is 0 Å². The Labute approximate surface area is 144 Å². The van der Waals surface area contributed by atoms with Crippen molar-refractivity contribution in [3.63, 3.8) is 0 Å². The highest BCUT2D eigenvalue weighted by Gasteiger charge is 2.30. The van der Waals surface area contributed by atoms with Crippen molar-refractivity contribution in [2.24, 2.45) is 5.92 Å². The van der Waals surface area contributed by atoms with Crippen LogP contribution in [-0.4, -0.2) is 48.2 Å². The molecule has 0 unspecified atom stereocenters. The van der Waals surface area contributed by atoms with Gasteiger partial charge < -0.3 is 15.0 Å². The lowest BCUT2D eigenvalue weighted by Gasteiger charge is -2.33. The highest BCUT2D eigenvalue weighted by atomic mass is 16.5. The average Bonchev–Trinajstić information content (AvgIpc) is 2.87. The first kappa shape index (κ1) is 17.1. The first-order valence-corrected chi connectivity index (χ1v) is 9.12. The Hall–Kier alpha value is -1.69. The number of nitrogens with zero attached hydrogens (tertiary/aromatic N) is 3. The maximum absolute atomic E-state index is 12.7. The van der Waals surface area contributed by atoms with Gasteiger partial charge in [0.1, 0.15) is 5.82 Å². The topological polar surface area (TPSA) is 67.3 Å². The number of ether oxygens (including phenoxy) is 1. The van der Waals surface area contributed by atoms with Crippen molar-refractivity contribution in [3.05, 3.63) is 18.6 Å². The Morgan fingerprint density at radius 3 is 2.67 bits per heavy atom. The molecule has 0 radical (unpaired) electrons. The maximum Gasteiger partial charge on any atom is 0.223 e. The van der Waals surface area contributed by atoms with Crippen LogP contribution in [0, 0.1) is 5.92 Å². The minimum Gasteiger partial charge on any atom is -0.379 e. The molecule has 1 saturated carbocycles. The van der Waals surface area contributed by atoms with Crippen LogP contribution in [0.4, 0.5) is 5.82 Å². The third-order valence-corrected chi connectivity index (χ3v) is 5.32. The van der Waals surface area contributed by atoms with Crippen molar-refractivity contribution in [2.75, 3.05) is 25.1 Å². The fourth-order valence-electron chi connectivity index (χ4n) is 3.85. The Balaban J connectivity index is 1.51. The molecule has 1 aromatic rings. The molecule has 1 aromatic heterocycles. The predicted molar refractivity (Wildman–Crippen MR) is 92.8 cm³/mol. The standard InChI is InChI=1S/C18H28N4O2/c1-24-16-6-4-2-3-5-15(16)21-18(23)14-7-11-22(12-8-14)17-13-19-9-10-20-17/h9-10,13-16H,2-8,11-12H2,1H3,(H,21,23)/t15-,16-/m0/s1. The second-order valence-electron chi connectivity index (χ2n) is 6.85. The summed E-state index contributed by atoms with van der Waals surface area (Å²) in [5.74, 6) is 1.20. The van der Waals surface area contributed by atoms with Crippen LogP contribution in [0.2, 0.25) is 0 Å². The molecular weight excluding hydrogens is 304 g/mol. The highest BCUT2D eigenvalue weighted by Crippen LogP contribution is 2.24. The number of rotatable bonds is 4. The second-order valence-corrected chi connectivity index (χ2v) is 6.85. The number of anilines is 1. The van der Waals surface area contributed by atoms with Crippen molar-refractivity contribution in [1.29, 1.82) is 0 Å². The molecule has 0 spiro atoms. The summed E-state index contributed by atoms with van der Waals surface area (Å²) in [5.41, 5.74) is 0. The molecule has 0 bridgehead atoms. The number of aromatic nitrogens is 2. The molecule has 2 heterocycles. The molecule has 2 fully saturated rings. The Morgan fingerprint density at radius 1 is 1.17 bits per heavy atom. The highest BCUT2D eigenvalue weighted by molar-refractivity contribution is 5.79. The summed E-state index contributed by atoms with van der Waals surface area (Å²) in [6.45, 7) is 1.71. The maximum atomic E-state index is 12.7.